The van der Waals surface area contributed by atoms with Crippen LogP contribution in [0.15, 0.2) is 42.5 Å². The first-order chi connectivity index (χ1) is 8.18. The maximum Gasteiger partial charge on any atom is 0.171 e. The van der Waals surface area contributed by atoms with Gasteiger partial charge in [0.15, 0.2) is 11.6 Å². The smallest absolute Gasteiger partial charge is 0.171 e. The summed E-state index contributed by atoms with van der Waals surface area (Å²) in [4.78, 5) is 24.5. The fourth-order valence-electron chi connectivity index (χ4n) is 2.45. The fourth-order valence-corrected chi connectivity index (χ4v) is 2.45. The molecule has 2 unspecified atom stereocenters. The number of carbonyl (C=O) groups excluding carboxylic acids is 2. The SMILES string of the molecule is [B]c1ccc2c(c1)C(=O)C1C=CC=CC1C2=O. The molecular weight excluding hydrogens is 211 g/mol. The minimum Gasteiger partial charge on any atom is -0.293 e. The first kappa shape index (κ1) is 10.3. The Morgan fingerprint density at radius 1 is 0.882 bits per heavy atom. The molecule has 1 aromatic carbocycles. The van der Waals surface area contributed by atoms with E-state index < -0.39 is 0 Å². The molecule has 80 valence electrons. The number of allylic oxidation sites excluding steroid dienone is 4. The van der Waals surface area contributed by atoms with E-state index in [1.165, 1.54) is 0 Å². The van der Waals surface area contributed by atoms with Crippen LogP contribution in [-0.2, 0) is 0 Å². The van der Waals surface area contributed by atoms with Gasteiger partial charge in [0.1, 0.15) is 7.85 Å². The predicted octanol–water partition coefficient (Wildman–Crippen LogP) is 1.22. The van der Waals surface area contributed by atoms with Crippen LogP contribution in [0.2, 0.25) is 0 Å². The average molecular weight is 220 g/mol. The number of hydrogen-bond donors (Lipinski definition) is 0. The zero-order chi connectivity index (χ0) is 12.0. The quantitative estimate of drug-likeness (QED) is 0.616. The Kier molecular flexibility index (Phi) is 2.15. The van der Waals surface area contributed by atoms with Crippen molar-refractivity contribution >= 4 is 24.9 Å². The summed E-state index contributed by atoms with van der Waals surface area (Å²) >= 11 is 0. The van der Waals surface area contributed by atoms with Crippen LogP contribution < -0.4 is 5.46 Å². The van der Waals surface area contributed by atoms with Crippen LogP contribution >= 0.6 is 0 Å². The highest BCUT2D eigenvalue weighted by Gasteiger charge is 2.39. The van der Waals surface area contributed by atoms with E-state index in [1.807, 2.05) is 12.2 Å². The summed E-state index contributed by atoms with van der Waals surface area (Å²) in [6.07, 6.45) is 7.21. The Morgan fingerprint density at radius 3 is 2.12 bits per heavy atom. The van der Waals surface area contributed by atoms with E-state index in [0.717, 1.165) is 0 Å². The molecule has 1 aromatic rings. The summed E-state index contributed by atoms with van der Waals surface area (Å²) < 4.78 is 0. The minimum atomic E-state index is -0.359. The van der Waals surface area contributed by atoms with Gasteiger partial charge in [-0.1, -0.05) is 48.0 Å². The lowest BCUT2D eigenvalue weighted by Crippen LogP contribution is -2.36. The molecule has 3 rings (SSSR count). The van der Waals surface area contributed by atoms with Crippen LogP contribution in [0.4, 0.5) is 0 Å². The third-order valence-corrected chi connectivity index (χ3v) is 3.31. The van der Waals surface area contributed by atoms with Gasteiger partial charge < -0.3 is 0 Å². The lowest BCUT2D eigenvalue weighted by atomic mass is 9.71. The summed E-state index contributed by atoms with van der Waals surface area (Å²) in [6.45, 7) is 0. The van der Waals surface area contributed by atoms with Gasteiger partial charge in [-0.15, -0.1) is 0 Å². The summed E-state index contributed by atoms with van der Waals surface area (Å²) in [5, 5.41) is 0. The number of benzene rings is 1. The van der Waals surface area contributed by atoms with E-state index in [4.69, 9.17) is 7.85 Å². The molecule has 2 nitrogen and oxygen atoms in total. The number of rotatable bonds is 0. The van der Waals surface area contributed by atoms with Crippen molar-refractivity contribution in [3.63, 3.8) is 0 Å². The van der Waals surface area contributed by atoms with Crippen molar-refractivity contribution in [1.29, 1.82) is 0 Å². The molecule has 2 aliphatic carbocycles. The number of Topliss-reactive ketones (excluding diaryl/α,β-unsaturated/α-hetero) is 2. The molecule has 0 bridgehead atoms. The van der Waals surface area contributed by atoms with Crippen molar-refractivity contribution in [3.8, 4) is 0 Å². The lowest BCUT2D eigenvalue weighted by Gasteiger charge is -2.28. The normalized spacial score (nSPS) is 25.6. The zero-order valence-corrected chi connectivity index (χ0v) is 9.09. The summed E-state index contributed by atoms with van der Waals surface area (Å²) in [7, 11) is 5.66. The molecule has 0 spiro atoms. The number of carbonyl (C=O) groups is 2. The van der Waals surface area contributed by atoms with E-state index in [1.54, 1.807) is 30.4 Å². The molecule has 0 heterocycles. The van der Waals surface area contributed by atoms with Crippen molar-refractivity contribution in [3.05, 3.63) is 53.6 Å². The Labute approximate surface area is 100 Å². The van der Waals surface area contributed by atoms with Gasteiger partial charge in [-0.05, 0) is 0 Å². The van der Waals surface area contributed by atoms with Gasteiger partial charge >= 0.3 is 0 Å². The summed E-state index contributed by atoms with van der Waals surface area (Å²) in [5.41, 5.74) is 1.46. The molecule has 0 saturated heterocycles. The molecule has 0 saturated carbocycles. The maximum absolute atomic E-state index is 12.3. The van der Waals surface area contributed by atoms with E-state index in [-0.39, 0.29) is 23.4 Å². The second kappa shape index (κ2) is 3.55. The van der Waals surface area contributed by atoms with Gasteiger partial charge in [-0.3, -0.25) is 9.59 Å². The van der Waals surface area contributed by atoms with Gasteiger partial charge in [0, 0.05) is 11.1 Å². The third-order valence-electron chi connectivity index (χ3n) is 3.31. The molecule has 2 radical (unpaired) electrons. The van der Waals surface area contributed by atoms with Gasteiger partial charge in [0.25, 0.3) is 0 Å². The van der Waals surface area contributed by atoms with Crippen molar-refractivity contribution in [1.82, 2.24) is 0 Å². The molecule has 0 aliphatic heterocycles. The second-order valence-corrected chi connectivity index (χ2v) is 4.35. The first-order valence-electron chi connectivity index (χ1n) is 5.51. The molecule has 0 N–H and O–H groups in total. The molecule has 0 aromatic heterocycles. The maximum atomic E-state index is 12.3. The van der Waals surface area contributed by atoms with Crippen LogP contribution in [0.25, 0.3) is 0 Å². The minimum absolute atomic E-state index is 0.00481. The predicted molar refractivity (Wildman–Crippen MR) is 65.8 cm³/mol. The van der Waals surface area contributed by atoms with Crippen molar-refractivity contribution < 1.29 is 9.59 Å². The van der Waals surface area contributed by atoms with Crippen LogP contribution in [-0.4, -0.2) is 19.4 Å². The van der Waals surface area contributed by atoms with Crippen molar-refractivity contribution in [2.45, 2.75) is 0 Å². The van der Waals surface area contributed by atoms with E-state index in [2.05, 4.69) is 0 Å². The highest BCUT2D eigenvalue weighted by atomic mass is 16.1. The highest BCUT2D eigenvalue weighted by Crippen LogP contribution is 2.33. The summed E-state index contributed by atoms with van der Waals surface area (Å²) in [5.74, 6) is -0.715. The van der Waals surface area contributed by atoms with Crippen molar-refractivity contribution in [2.75, 3.05) is 0 Å². The number of ketones is 2. The standard InChI is InChI=1S/C14H9BO2/c15-8-5-6-11-12(7-8)14(17)10-4-2-1-3-9(10)13(11)16/h1-7,9-10H. The molecule has 17 heavy (non-hydrogen) atoms. The molecule has 2 aliphatic rings. The molecule has 0 fully saturated rings. The van der Waals surface area contributed by atoms with E-state index in [9.17, 15) is 9.59 Å². The molecule has 3 heteroatoms. The fraction of sp³-hybridized carbons (Fsp3) is 0.143. The monoisotopic (exact) mass is 220 g/mol. The van der Waals surface area contributed by atoms with E-state index in [0.29, 0.717) is 16.6 Å². The first-order valence-corrected chi connectivity index (χ1v) is 5.51. The largest absolute Gasteiger partial charge is 0.293 e. The Morgan fingerprint density at radius 2 is 1.47 bits per heavy atom. The second-order valence-electron chi connectivity index (χ2n) is 4.35. The van der Waals surface area contributed by atoms with Gasteiger partial charge in [0.2, 0.25) is 0 Å². The van der Waals surface area contributed by atoms with Crippen molar-refractivity contribution in [2.24, 2.45) is 11.8 Å². The molecule has 2 atom stereocenters. The highest BCUT2D eigenvalue weighted by molar-refractivity contribution is 6.33. The average Bonchev–Trinajstić information content (AvgIpc) is 2.36. The van der Waals surface area contributed by atoms with E-state index >= 15 is 0 Å². The Bertz CT molecular complexity index is 584. The molecular formula is C14H9BO2. The lowest BCUT2D eigenvalue weighted by molar-refractivity contribution is 0.0801. The zero-order valence-electron chi connectivity index (χ0n) is 9.09. The van der Waals surface area contributed by atoms with Crippen LogP contribution in [0.3, 0.4) is 0 Å². The Balaban J connectivity index is 2.21. The third kappa shape index (κ3) is 1.42. The summed E-state index contributed by atoms with van der Waals surface area (Å²) in [6, 6.07) is 4.90. The number of hydrogen-bond acceptors (Lipinski definition) is 2. The van der Waals surface area contributed by atoms with Crippen LogP contribution in [0.5, 0.6) is 0 Å². The van der Waals surface area contributed by atoms with Crippen LogP contribution in [0.1, 0.15) is 20.7 Å². The molecule has 0 amide bonds. The van der Waals surface area contributed by atoms with Gasteiger partial charge in [-0.25, -0.2) is 0 Å². The van der Waals surface area contributed by atoms with Crippen LogP contribution in [0, 0.1) is 11.8 Å². The van der Waals surface area contributed by atoms with Gasteiger partial charge in [-0.2, -0.15) is 0 Å². The van der Waals surface area contributed by atoms with Gasteiger partial charge in [0.05, 0.1) is 11.8 Å². The number of fused-ring (bicyclic) bond motifs is 2. The topological polar surface area (TPSA) is 34.1 Å². The Hall–Kier alpha value is -1.90.